The predicted molar refractivity (Wildman–Crippen MR) is 133 cm³/mol. The maximum absolute atomic E-state index is 2.37. The van der Waals surface area contributed by atoms with Gasteiger partial charge in [-0.25, -0.2) is 0 Å². The van der Waals surface area contributed by atoms with Crippen molar-refractivity contribution in [1.82, 2.24) is 4.48 Å². The molecule has 0 saturated carbocycles. The SMILES string of the molecule is CCCCCCCCCCCCCCCC[N+](C)(C)c1cccc2ccccc12. The molecule has 2 aromatic rings. The first-order chi connectivity index (χ1) is 14.1. The third-order valence-corrected chi connectivity index (χ3v) is 6.49. The molecule has 0 heterocycles. The number of rotatable bonds is 16. The fourth-order valence-corrected chi connectivity index (χ4v) is 4.56. The summed E-state index contributed by atoms with van der Waals surface area (Å²) in [5.74, 6) is 0. The lowest BCUT2D eigenvalue weighted by Gasteiger charge is -2.30. The molecule has 0 aliphatic carbocycles. The minimum atomic E-state index is 0.986. The Kier molecular flexibility index (Phi) is 11.4. The summed E-state index contributed by atoms with van der Waals surface area (Å²) >= 11 is 0. The van der Waals surface area contributed by atoms with Gasteiger partial charge in [0.1, 0.15) is 5.69 Å². The van der Waals surface area contributed by atoms with Crippen LogP contribution in [-0.2, 0) is 0 Å². The van der Waals surface area contributed by atoms with Crippen molar-refractivity contribution in [3.05, 3.63) is 42.5 Å². The predicted octanol–water partition coefficient (Wildman–Crippen LogP) is 8.89. The van der Waals surface area contributed by atoms with E-state index >= 15 is 0 Å². The maximum Gasteiger partial charge on any atom is 0.140 e. The van der Waals surface area contributed by atoms with E-state index in [1.54, 1.807) is 0 Å². The minimum absolute atomic E-state index is 0.986. The second kappa shape index (κ2) is 13.8. The van der Waals surface area contributed by atoms with Crippen LogP contribution in [-0.4, -0.2) is 20.6 Å². The Labute approximate surface area is 181 Å². The Balaban J connectivity index is 1.53. The quantitative estimate of drug-likeness (QED) is 0.196. The van der Waals surface area contributed by atoms with E-state index in [0.29, 0.717) is 0 Å². The molecule has 1 heteroatoms. The highest BCUT2D eigenvalue weighted by Crippen LogP contribution is 2.30. The molecule has 0 bridgehead atoms. The van der Waals surface area contributed by atoms with Crippen LogP contribution in [0.25, 0.3) is 10.8 Å². The monoisotopic (exact) mass is 396 g/mol. The number of fused-ring (bicyclic) bond motifs is 1. The van der Waals surface area contributed by atoms with Gasteiger partial charge in [-0.1, -0.05) is 114 Å². The molecule has 0 aliphatic heterocycles. The number of benzene rings is 2. The van der Waals surface area contributed by atoms with Gasteiger partial charge in [0.15, 0.2) is 0 Å². The number of nitrogens with zero attached hydrogens (tertiary/aromatic N) is 1. The Bertz CT molecular complexity index is 668. The standard InChI is InChI=1S/C28H46N/c1-4-5-6-7-8-9-10-11-12-13-14-15-16-19-25-29(2,3)28-24-20-22-26-21-17-18-23-27(26)28/h17-18,20-24H,4-16,19,25H2,1-3H3/q+1. The highest BCUT2D eigenvalue weighted by Gasteiger charge is 2.20. The van der Waals surface area contributed by atoms with Gasteiger partial charge in [0.25, 0.3) is 0 Å². The summed E-state index contributed by atoms with van der Waals surface area (Å²) in [7, 11) is 4.73. The molecule has 0 spiro atoms. The van der Waals surface area contributed by atoms with Crippen LogP contribution in [0.1, 0.15) is 96.8 Å². The van der Waals surface area contributed by atoms with E-state index in [1.165, 1.54) is 113 Å². The third kappa shape index (κ3) is 8.91. The van der Waals surface area contributed by atoms with E-state index in [-0.39, 0.29) is 0 Å². The van der Waals surface area contributed by atoms with Crippen molar-refractivity contribution in [1.29, 1.82) is 0 Å². The zero-order valence-electron chi connectivity index (χ0n) is 19.6. The highest BCUT2D eigenvalue weighted by molar-refractivity contribution is 5.93. The Morgan fingerprint density at radius 1 is 0.552 bits per heavy atom. The Hall–Kier alpha value is -1.34. The van der Waals surface area contributed by atoms with E-state index in [9.17, 15) is 0 Å². The molecule has 0 aliphatic rings. The summed E-state index contributed by atoms with van der Waals surface area (Å²) in [4.78, 5) is 0. The van der Waals surface area contributed by atoms with Crippen molar-refractivity contribution in [2.24, 2.45) is 0 Å². The highest BCUT2D eigenvalue weighted by atomic mass is 15.3. The second-order valence-electron chi connectivity index (χ2n) is 9.50. The van der Waals surface area contributed by atoms with Crippen molar-refractivity contribution in [2.45, 2.75) is 96.8 Å². The van der Waals surface area contributed by atoms with Crippen LogP contribution in [0.4, 0.5) is 5.69 Å². The molecule has 0 aromatic heterocycles. The number of hydrogen-bond donors (Lipinski definition) is 0. The number of quaternary nitrogens is 1. The van der Waals surface area contributed by atoms with Gasteiger partial charge in [-0.15, -0.1) is 0 Å². The lowest BCUT2D eigenvalue weighted by atomic mass is 10.0. The lowest BCUT2D eigenvalue weighted by Crippen LogP contribution is -2.41. The molecule has 0 saturated heterocycles. The largest absolute Gasteiger partial charge is 0.295 e. The summed E-state index contributed by atoms with van der Waals surface area (Å²) in [6, 6.07) is 15.6. The van der Waals surface area contributed by atoms with Crippen LogP contribution in [0, 0.1) is 0 Å². The van der Waals surface area contributed by atoms with Crippen LogP contribution in [0.15, 0.2) is 42.5 Å². The number of unbranched alkanes of at least 4 members (excludes halogenated alkanes) is 13. The number of hydrogen-bond acceptors (Lipinski definition) is 0. The van der Waals surface area contributed by atoms with Crippen molar-refractivity contribution in [3.63, 3.8) is 0 Å². The Morgan fingerprint density at radius 3 is 1.62 bits per heavy atom. The van der Waals surface area contributed by atoms with Crippen molar-refractivity contribution < 1.29 is 0 Å². The molecule has 0 unspecified atom stereocenters. The first kappa shape index (κ1) is 23.9. The first-order valence-electron chi connectivity index (χ1n) is 12.5. The van der Waals surface area contributed by atoms with Gasteiger partial charge >= 0.3 is 0 Å². The van der Waals surface area contributed by atoms with Gasteiger partial charge in [-0.2, -0.15) is 0 Å². The van der Waals surface area contributed by atoms with Crippen LogP contribution < -0.4 is 4.48 Å². The fraction of sp³-hybridized carbons (Fsp3) is 0.643. The topological polar surface area (TPSA) is 0 Å². The van der Waals surface area contributed by atoms with E-state index in [4.69, 9.17) is 0 Å². The van der Waals surface area contributed by atoms with Gasteiger partial charge in [-0.3, -0.25) is 4.48 Å². The van der Waals surface area contributed by atoms with Crippen molar-refractivity contribution in [2.75, 3.05) is 20.6 Å². The van der Waals surface area contributed by atoms with Gasteiger partial charge in [0, 0.05) is 5.39 Å². The summed E-state index contributed by atoms with van der Waals surface area (Å²) in [6.07, 6.45) is 20.0. The second-order valence-corrected chi connectivity index (χ2v) is 9.50. The van der Waals surface area contributed by atoms with Crippen LogP contribution >= 0.6 is 0 Å². The van der Waals surface area contributed by atoms with E-state index in [0.717, 1.165) is 4.48 Å². The minimum Gasteiger partial charge on any atom is -0.295 e. The smallest absolute Gasteiger partial charge is 0.140 e. The third-order valence-electron chi connectivity index (χ3n) is 6.49. The van der Waals surface area contributed by atoms with Gasteiger partial charge in [0.2, 0.25) is 0 Å². The van der Waals surface area contributed by atoms with Gasteiger partial charge < -0.3 is 0 Å². The molecule has 162 valence electrons. The van der Waals surface area contributed by atoms with Crippen LogP contribution in [0.5, 0.6) is 0 Å². The molecule has 2 aromatic carbocycles. The average molecular weight is 397 g/mol. The molecular weight excluding hydrogens is 350 g/mol. The summed E-state index contributed by atoms with van der Waals surface area (Å²) in [5.41, 5.74) is 1.46. The van der Waals surface area contributed by atoms with Crippen LogP contribution in [0.3, 0.4) is 0 Å². The zero-order valence-corrected chi connectivity index (χ0v) is 19.6. The molecule has 0 atom stereocenters. The molecular formula is C28H46N+. The van der Waals surface area contributed by atoms with Crippen LogP contribution in [0.2, 0.25) is 0 Å². The van der Waals surface area contributed by atoms with Crippen molar-refractivity contribution in [3.8, 4) is 0 Å². The summed E-state index contributed by atoms with van der Waals surface area (Å²) in [5, 5.41) is 2.77. The zero-order chi connectivity index (χ0) is 20.8. The molecule has 1 nitrogen and oxygen atoms in total. The maximum atomic E-state index is 2.37. The average Bonchev–Trinajstić information content (AvgIpc) is 2.73. The molecule has 0 radical (unpaired) electrons. The van der Waals surface area contributed by atoms with E-state index in [2.05, 4.69) is 63.5 Å². The van der Waals surface area contributed by atoms with Gasteiger partial charge in [-0.05, 0) is 30.4 Å². The van der Waals surface area contributed by atoms with Gasteiger partial charge in [0.05, 0.1) is 20.6 Å². The Morgan fingerprint density at radius 2 is 1.03 bits per heavy atom. The first-order valence-corrected chi connectivity index (χ1v) is 12.5. The normalized spacial score (nSPS) is 12.0. The molecule has 0 fully saturated rings. The molecule has 0 N–H and O–H groups in total. The van der Waals surface area contributed by atoms with E-state index < -0.39 is 0 Å². The molecule has 2 rings (SSSR count). The summed E-state index contributed by atoms with van der Waals surface area (Å²) in [6.45, 7) is 3.52. The lowest BCUT2D eigenvalue weighted by molar-refractivity contribution is 0.383. The summed E-state index contributed by atoms with van der Waals surface area (Å²) < 4.78 is 0.986. The molecule has 29 heavy (non-hydrogen) atoms. The fourth-order valence-electron chi connectivity index (χ4n) is 4.56. The van der Waals surface area contributed by atoms with E-state index in [1.807, 2.05) is 0 Å². The molecule has 0 amide bonds. The van der Waals surface area contributed by atoms with Crippen molar-refractivity contribution >= 4 is 16.5 Å².